The molecule has 4 nitrogen and oxygen atoms in total. The number of benzene rings is 1. The van der Waals surface area contributed by atoms with Crippen LogP contribution in [0.15, 0.2) is 6.07 Å². The van der Waals surface area contributed by atoms with Gasteiger partial charge in [0.05, 0.1) is 7.11 Å². The number of rotatable bonds is 3. The zero-order chi connectivity index (χ0) is 13.2. The fraction of sp³-hybridized carbons (Fsp3) is 0.571. The van der Waals surface area contributed by atoms with E-state index in [1.807, 2.05) is 6.07 Å². The van der Waals surface area contributed by atoms with Gasteiger partial charge in [0, 0.05) is 5.56 Å². The maximum Gasteiger partial charge on any atom is 0.231 e. The van der Waals surface area contributed by atoms with Crippen LogP contribution in [0.3, 0.4) is 0 Å². The van der Waals surface area contributed by atoms with Crippen LogP contribution in [0.1, 0.15) is 18.4 Å². The number of methoxy groups -OCH3 is 1. The van der Waals surface area contributed by atoms with Gasteiger partial charge in [0.25, 0.3) is 0 Å². The number of hydrogen-bond acceptors (Lipinski definition) is 4. The molecule has 1 aromatic rings. The Morgan fingerprint density at radius 1 is 1.37 bits per heavy atom. The second-order valence-corrected chi connectivity index (χ2v) is 5.01. The Labute approximate surface area is 111 Å². The molecule has 0 unspecified atom stereocenters. The Morgan fingerprint density at radius 2 is 2.16 bits per heavy atom. The maximum absolute atomic E-state index is 14.2. The molecule has 0 amide bonds. The second-order valence-electron chi connectivity index (χ2n) is 5.01. The average molecular weight is 267 g/mol. The highest BCUT2D eigenvalue weighted by molar-refractivity contribution is 5.53. The first-order valence-electron chi connectivity index (χ1n) is 6.65. The minimum Gasteiger partial charge on any atom is -0.493 e. The summed E-state index contributed by atoms with van der Waals surface area (Å²) in [5, 5.41) is 3.33. The molecule has 5 heteroatoms. The van der Waals surface area contributed by atoms with Gasteiger partial charge in [-0.15, -0.1) is 0 Å². The van der Waals surface area contributed by atoms with E-state index < -0.39 is 5.82 Å². The van der Waals surface area contributed by atoms with Crippen molar-refractivity contribution in [2.75, 3.05) is 27.0 Å². The molecule has 3 rings (SSSR count). The molecule has 1 saturated heterocycles. The van der Waals surface area contributed by atoms with Crippen molar-refractivity contribution < 1.29 is 18.6 Å². The van der Waals surface area contributed by atoms with Crippen molar-refractivity contribution in [3.8, 4) is 17.2 Å². The van der Waals surface area contributed by atoms with Gasteiger partial charge in [-0.05, 0) is 44.3 Å². The third-order valence-electron chi connectivity index (χ3n) is 3.81. The van der Waals surface area contributed by atoms with E-state index in [0.717, 1.165) is 37.9 Å². The van der Waals surface area contributed by atoms with Crippen LogP contribution in [0.5, 0.6) is 17.2 Å². The van der Waals surface area contributed by atoms with E-state index >= 15 is 0 Å². The average Bonchev–Trinajstić information content (AvgIpc) is 2.89. The first-order chi connectivity index (χ1) is 9.29. The summed E-state index contributed by atoms with van der Waals surface area (Å²) in [5.41, 5.74) is 0.871. The van der Waals surface area contributed by atoms with Crippen LogP contribution in [0.2, 0.25) is 0 Å². The Hall–Kier alpha value is -1.49. The topological polar surface area (TPSA) is 39.7 Å². The highest BCUT2D eigenvalue weighted by atomic mass is 19.1. The molecule has 0 spiro atoms. The van der Waals surface area contributed by atoms with Crippen molar-refractivity contribution in [1.82, 2.24) is 5.32 Å². The summed E-state index contributed by atoms with van der Waals surface area (Å²) in [6.45, 7) is 2.13. The van der Waals surface area contributed by atoms with Crippen LogP contribution >= 0.6 is 0 Å². The largest absolute Gasteiger partial charge is 0.493 e. The molecule has 2 aliphatic heterocycles. The smallest absolute Gasteiger partial charge is 0.231 e. The summed E-state index contributed by atoms with van der Waals surface area (Å²) in [6, 6.07) is 1.85. The first kappa shape index (κ1) is 12.5. The van der Waals surface area contributed by atoms with Gasteiger partial charge in [-0.2, -0.15) is 4.39 Å². The van der Waals surface area contributed by atoms with E-state index in [1.165, 1.54) is 7.11 Å². The highest BCUT2D eigenvalue weighted by Gasteiger charge is 2.26. The molecule has 0 saturated carbocycles. The van der Waals surface area contributed by atoms with Crippen LogP contribution in [0.4, 0.5) is 4.39 Å². The number of halogens is 1. The van der Waals surface area contributed by atoms with Crippen molar-refractivity contribution in [1.29, 1.82) is 0 Å². The van der Waals surface area contributed by atoms with Gasteiger partial charge >= 0.3 is 0 Å². The molecule has 1 N–H and O–H groups in total. The van der Waals surface area contributed by atoms with Gasteiger partial charge in [0.1, 0.15) is 0 Å². The number of ether oxygens (including phenoxy) is 3. The molecule has 0 bridgehead atoms. The zero-order valence-electron chi connectivity index (χ0n) is 11.0. The molecule has 0 aromatic heterocycles. The normalized spacial score (nSPS) is 18.6. The number of piperidine rings is 1. The van der Waals surface area contributed by atoms with Gasteiger partial charge < -0.3 is 19.5 Å². The summed E-state index contributed by atoms with van der Waals surface area (Å²) >= 11 is 0. The van der Waals surface area contributed by atoms with E-state index in [9.17, 15) is 4.39 Å². The van der Waals surface area contributed by atoms with E-state index in [4.69, 9.17) is 14.2 Å². The van der Waals surface area contributed by atoms with Crippen molar-refractivity contribution in [2.24, 2.45) is 5.92 Å². The van der Waals surface area contributed by atoms with E-state index in [0.29, 0.717) is 17.4 Å². The van der Waals surface area contributed by atoms with Gasteiger partial charge in [0.2, 0.25) is 18.4 Å². The Kier molecular flexibility index (Phi) is 3.46. The lowest BCUT2D eigenvalue weighted by molar-refractivity contribution is 0.170. The van der Waals surface area contributed by atoms with Gasteiger partial charge in [0.15, 0.2) is 11.5 Å². The van der Waals surface area contributed by atoms with Gasteiger partial charge in [-0.3, -0.25) is 0 Å². The molecular weight excluding hydrogens is 249 g/mol. The summed E-state index contributed by atoms with van der Waals surface area (Å²) in [5.74, 6) is 1.08. The van der Waals surface area contributed by atoms with Gasteiger partial charge in [-0.1, -0.05) is 0 Å². The van der Waals surface area contributed by atoms with Crippen molar-refractivity contribution in [3.05, 3.63) is 17.4 Å². The first-order valence-corrected chi connectivity index (χ1v) is 6.65. The zero-order valence-corrected chi connectivity index (χ0v) is 11.0. The fourth-order valence-electron chi connectivity index (χ4n) is 2.80. The highest BCUT2D eigenvalue weighted by Crippen LogP contribution is 2.42. The molecule has 0 atom stereocenters. The summed E-state index contributed by atoms with van der Waals surface area (Å²) in [4.78, 5) is 0. The Balaban J connectivity index is 1.89. The summed E-state index contributed by atoms with van der Waals surface area (Å²) < 4.78 is 29.9. The second kappa shape index (κ2) is 5.25. The minimum atomic E-state index is -0.443. The lowest BCUT2D eigenvalue weighted by Gasteiger charge is -2.23. The van der Waals surface area contributed by atoms with E-state index in [2.05, 4.69) is 5.32 Å². The van der Waals surface area contributed by atoms with Crippen LogP contribution in [0, 0.1) is 11.7 Å². The molecule has 1 fully saturated rings. The van der Waals surface area contributed by atoms with Crippen LogP contribution in [-0.2, 0) is 6.42 Å². The van der Waals surface area contributed by atoms with E-state index in [1.54, 1.807) is 0 Å². The van der Waals surface area contributed by atoms with Crippen LogP contribution in [0.25, 0.3) is 0 Å². The molecule has 1 aromatic carbocycles. The van der Waals surface area contributed by atoms with Crippen molar-refractivity contribution >= 4 is 0 Å². The standard InChI is InChI=1S/C14H18FNO3/c1-17-13-10(6-9-2-4-16-5-3-9)7-11-14(12(13)15)19-8-18-11/h7,9,16H,2-6,8H2,1H3. The Bertz CT molecular complexity index is 472. The molecule has 2 aliphatic rings. The maximum atomic E-state index is 14.2. The van der Waals surface area contributed by atoms with Crippen molar-refractivity contribution in [3.63, 3.8) is 0 Å². The van der Waals surface area contributed by atoms with Crippen LogP contribution in [-0.4, -0.2) is 27.0 Å². The number of nitrogens with one attached hydrogen (secondary N) is 1. The quantitative estimate of drug-likeness (QED) is 0.910. The third-order valence-corrected chi connectivity index (χ3v) is 3.81. The monoisotopic (exact) mass is 267 g/mol. The molecule has 104 valence electrons. The molecule has 0 radical (unpaired) electrons. The third kappa shape index (κ3) is 2.34. The molecule has 19 heavy (non-hydrogen) atoms. The number of hydrogen-bond donors (Lipinski definition) is 1. The van der Waals surface area contributed by atoms with Gasteiger partial charge in [-0.25, -0.2) is 0 Å². The van der Waals surface area contributed by atoms with E-state index in [-0.39, 0.29) is 12.5 Å². The fourth-order valence-corrected chi connectivity index (χ4v) is 2.80. The SMILES string of the molecule is COc1c(CC2CCNCC2)cc2c(c1F)OCO2. The predicted molar refractivity (Wildman–Crippen MR) is 68.4 cm³/mol. The predicted octanol–water partition coefficient (Wildman–Crippen LogP) is 2.11. The lowest BCUT2D eigenvalue weighted by Crippen LogP contribution is -2.28. The summed E-state index contributed by atoms with van der Waals surface area (Å²) in [7, 11) is 1.49. The van der Waals surface area contributed by atoms with Crippen molar-refractivity contribution in [2.45, 2.75) is 19.3 Å². The molecule has 0 aliphatic carbocycles. The molecular formula is C14H18FNO3. The lowest BCUT2D eigenvalue weighted by atomic mass is 9.90. The minimum absolute atomic E-state index is 0.0756. The summed E-state index contributed by atoms with van der Waals surface area (Å²) in [6.07, 6.45) is 3.04. The number of fused-ring (bicyclic) bond motifs is 1. The molecule has 2 heterocycles. The van der Waals surface area contributed by atoms with Crippen LogP contribution < -0.4 is 19.5 Å². The Morgan fingerprint density at radius 3 is 2.89 bits per heavy atom.